The maximum absolute atomic E-state index is 13.6. The molecule has 0 saturated carbocycles. The Morgan fingerprint density at radius 1 is 0.800 bits per heavy atom. The Morgan fingerprint density at radius 3 is 2.27 bits per heavy atom. The molecule has 0 aliphatic carbocycles. The molecule has 1 aromatic heterocycles. The van der Waals surface area contributed by atoms with Crippen molar-refractivity contribution in [3.8, 4) is 0 Å². The molecule has 10 heteroatoms. The fourth-order valence-corrected chi connectivity index (χ4v) is 5.13. The quantitative estimate of drug-likeness (QED) is 0.327. The van der Waals surface area contributed by atoms with Gasteiger partial charge in [-0.25, -0.2) is 8.78 Å². The number of piperazine rings is 1. The van der Waals surface area contributed by atoms with E-state index in [4.69, 9.17) is 0 Å². The lowest BCUT2D eigenvalue weighted by Crippen LogP contribution is -2.49. The van der Waals surface area contributed by atoms with Crippen LogP contribution in [0.5, 0.6) is 0 Å². The Kier molecular flexibility index (Phi) is 8.16. The molecule has 40 heavy (non-hydrogen) atoms. The first-order valence-corrected chi connectivity index (χ1v) is 13.6. The monoisotopic (exact) mass is 560 g/mol. The molecule has 0 radical (unpaired) electrons. The lowest BCUT2D eigenvalue weighted by Gasteiger charge is -2.37. The zero-order chi connectivity index (χ0) is 28.1. The van der Waals surface area contributed by atoms with Gasteiger partial charge in [0.2, 0.25) is 0 Å². The minimum absolute atomic E-state index is 0.195. The average Bonchev–Trinajstić information content (AvgIpc) is 3.52. The number of nitrogens with one attached hydrogen (secondary N) is 2. The lowest BCUT2D eigenvalue weighted by atomic mass is 10.1. The third kappa shape index (κ3) is 6.35. The number of halogens is 2. The van der Waals surface area contributed by atoms with Crippen LogP contribution in [0.4, 0.5) is 20.2 Å². The Bertz CT molecular complexity index is 1520. The van der Waals surface area contributed by atoms with Gasteiger partial charge in [0.15, 0.2) is 0 Å². The van der Waals surface area contributed by atoms with Gasteiger partial charge in [-0.05, 0) is 65.5 Å². The van der Waals surface area contributed by atoms with E-state index in [9.17, 15) is 23.2 Å². The first-order chi connectivity index (χ1) is 19.4. The molecule has 2 heterocycles. The van der Waals surface area contributed by atoms with Crippen molar-refractivity contribution in [2.45, 2.75) is 6.54 Å². The summed E-state index contributed by atoms with van der Waals surface area (Å²) in [5.74, 6) is -1.70. The van der Waals surface area contributed by atoms with Crippen LogP contribution in [0, 0.1) is 11.6 Å². The molecule has 1 aliphatic heterocycles. The predicted molar refractivity (Wildman–Crippen MR) is 151 cm³/mol. The van der Waals surface area contributed by atoms with Gasteiger partial charge < -0.3 is 20.4 Å². The Labute approximate surface area is 234 Å². The van der Waals surface area contributed by atoms with Gasteiger partial charge in [-0.1, -0.05) is 24.3 Å². The van der Waals surface area contributed by atoms with E-state index in [0.717, 1.165) is 5.56 Å². The summed E-state index contributed by atoms with van der Waals surface area (Å²) in [6.45, 7) is 1.90. The van der Waals surface area contributed by atoms with Crippen LogP contribution in [0.15, 0.2) is 84.2 Å². The standard InChI is InChI=1S/C30H26F2N4O3S/c31-22-8-6-20(7-9-22)19-33-28(37)25-18-24(34-29(38)27-5-2-16-40-27)10-11-26(25)35-12-14-36(15-13-35)30(39)21-3-1-4-23(32)17-21/h1-11,16-18H,12-15,19H2,(H,33,37)(H,34,38). The lowest BCUT2D eigenvalue weighted by molar-refractivity contribution is 0.0745. The van der Waals surface area contributed by atoms with Crippen LogP contribution in [0.25, 0.3) is 0 Å². The number of hydrogen-bond acceptors (Lipinski definition) is 5. The predicted octanol–water partition coefficient (Wildman–Crippen LogP) is 5.17. The van der Waals surface area contributed by atoms with E-state index in [-0.39, 0.29) is 30.1 Å². The zero-order valence-electron chi connectivity index (χ0n) is 21.4. The number of carbonyl (C=O) groups is 3. The Balaban J connectivity index is 1.33. The normalized spacial score (nSPS) is 13.2. The first kappa shape index (κ1) is 27.0. The van der Waals surface area contributed by atoms with Gasteiger partial charge >= 0.3 is 0 Å². The minimum Gasteiger partial charge on any atom is -0.367 e. The third-order valence-electron chi connectivity index (χ3n) is 6.59. The molecule has 1 aliphatic rings. The average molecular weight is 561 g/mol. The minimum atomic E-state index is -0.466. The molecule has 0 bridgehead atoms. The molecule has 2 N–H and O–H groups in total. The molecule has 0 atom stereocenters. The SMILES string of the molecule is O=C(Nc1ccc(N2CCN(C(=O)c3cccc(F)c3)CC2)c(C(=O)NCc2ccc(F)cc2)c1)c1cccs1. The van der Waals surface area contributed by atoms with E-state index in [1.165, 1.54) is 41.7 Å². The van der Waals surface area contributed by atoms with Crippen molar-refractivity contribution in [2.24, 2.45) is 0 Å². The smallest absolute Gasteiger partial charge is 0.265 e. The van der Waals surface area contributed by atoms with E-state index >= 15 is 0 Å². The summed E-state index contributed by atoms with van der Waals surface area (Å²) in [7, 11) is 0. The van der Waals surface area contributed by atoms with Crippen molar-refractivity contribution in [1.29, 1.82) is 0 Å². The number of carbonyl (C=O) groups excluding carboxylic acids is 3. The van der Waals surface area contributed by atoms with Crippen molar-refractivity contribution < 1.29 is 23.2 Å². The molecule has 7 nitrogen and oxygen atoms in total. The van der Waals surface area contributed by atoms with Crippen molar-refractivity contribution in [3.05, 3.63) is 117 Å². The first-order valence-electron chi connectivity index (χ1n) is 12.7. The van der Waals surface area contributed by atoms with Crippen LogP contribution in [0.2, 0.25) is 0 Å². The highest BCUT2D eigenvalue weighted by molar-refractivity contribution is 7.12. The highest BCUT2D eigenvalue weighted by Gasteiger charge is 2.25. The number of benzene rings is 3. The summed E-state index contributed by atoms with van der Waals surface area (Å²) < 4.78 is 26.9. The van der Waals surface area contributed by atoms with E-state index in [2.05, 4.69) is 10.6 Å². The largest absolute Gasteiger partial charge is 0.367 e. The third-order valence-corrected chi connectivity index (χ3v) is 7.46. The van der Waals surface area contributed by atoms with E-state index < -0.39 is 5.82 Å². The van der Waals surface area contributed by atoms with Gasteiger partial charge in [-0.3, -0.25) is 14.4 Å². The molecule has 1 saturated heterocycles. The maximum Gasteiger partial charge on any atom is 0.265 e. The fraction of sp³-hybridized carbons (Fsp3) is 0.167. The van der Waals surface area contributed by atoms with Gasteiger partial charge in [0.25, 0.3) is 17.7 Å². The Morgan fingerprint density at radius 2 is 1.57 bits per heavy atom. The molecule has 3 amide bonds. The van der Waals surface area contributed by atoms with Gasteiger partial charge in [0.1, 0.15) is 11.6 Å². The number of rotatable bonds is 7. The van der Waals surface area contributed by atoms with Crippen LogP contribution >= 0.6 is 11.3 Å². The number of nitrogens with zero attached hydrogens (tertiary/aromatic N) is 2. The van der Waals surface area contributed by atoms with E-state index in [1.807, 2.05) is 10.3 Å². The number of anilines is 2. The number of amides is 3. The van der Waals surface area contributed by atoms with Crippen LogP contribution < -0.4 is 15.5 Å². The van der Waals surface area contributed by atoms with Crippen LogP contribution in [0.3, 0.4) is 0 Å². The summed E-state index contributed by atoms with van der Waals surface area (Å²) in [6.07, 6.45) is 0. The van der Waals surface area contributed by atoms with Crippen molar-refractivity contribution >= 4 is 40.4 Å². The number of hydrogen-bond donors (Lipinski definition) is 2. The molecule has 5 rings (SSSR count). The van der Waals surface area contributed by atoms with Gasteiger partial charge in [-0.15, -0.1) is 11.3 Å². The second-order valence-corrected chi connectivity index (χ2v) is 10.2. The summed E-state index contributed by atoms with van der Waals surface area (Å²) in [6, 6.07) is 20.1. The van der Waals surface area contributed by atoms with Crippen LogP contribution in [0.1, 0.15) is 36.0 Å². The van der Waals surface area contributed by atoms with Crippen molar-refractivity contribution in [1.82, 2.24) is 10.2 Å². The summed E-state index contributed by atoms with van der Waals surface area (Å²) in [5, 5.41) is 7.53. The highest BCUT2D eigenvalue weighted by atomic mass is 32.1. The van der Waals surface area contributed by atoms with Crippen LogP contribution in [-0.2, 0) is 6.54 Å². The van der Waals surface area contributed by atoms with Crippen molar-refractivity contribution in [2.75, 3.05) is 36.4 Å². The van der Waals surface area contributed by atoms with E-state index in [0.29, 0.717) is 53.6 Å². The van der Waals surface area contributed by atoms with Gasteiger partial charge in [0.05, 0.1) is 10.4 Å². The van der Waals surface area contributed by atoms with Gasteiger partial charge in [0, 0.05) is 49.7 Å². The Hall–Kier alpha value is -4.57. The molecule has 0 spiro atoms. The zero-order valence-corrected chi connectivity index (χ0v) is 22.2. The maximum atomic E-state index is 13.6. The highest BCUT2D eigenvalue weighted by Crippen LogP contribution is 2.27. The molecular weight excluding hydrogens is 534 g/mol. The second kappa shape index (κ2) is 12.1. The topological polar surface area (TPSA) is 81.8 Å². The molecule has 4 aromatic rings. The summed E-state index contributed by atoms with van der Waals surface area (Å²) in [5.41, 5.74) is 2.51. The molecule has 204 valence electrons. The second-order valence-electron chi connectivity index (χ2n) is 9.26. The van der Waals surface area contributed by atoms with Crippen molar-refractivity contribution in [3.63, 3.8) is 0 Å². The fourth-order valence-electron chi connectivity index (χ4n) is 4.51. The number of thiophene rings is 1. The summed E-state index contributed by atoms with van der Waals surface area (Å²) >= 11 is 1.32. The molecule has 3 aromatic carbocycles. The molecule has 0 unspecified atom stereocenters. The van der Waals surface area contributed by atoms with Crippen LogP contribution in [-0.4, -0.2) is 48.8 Å². The molecular formula is C30H26F2N4O3S. The van der Waals surface area contributed by atoms with E-state index in [1.54, 1.807) is 53.4 Å². The summed E-state index contributed by atoms with van der Waals surface area (Å²) in [4.78, 5) is 43.1. The molecule has 1 fully saturated rings. The van der Waals surface area contributed by atoms with Gasteiger partial charge in [-0.2, -0.15) is 0 Å².